The predicted octanol–water partition coefficient (Wildman–Crippen LogP) is 0.417. The van der Waals surface area contributed by atoms with E-state index in [0.717, 1.165) is 0 Å². The highest BCUT2D eigenvalue weighted by molar-refractivity contribution is 7.91. The van der Waals surface area contributed by atoms with E-state index < -0.39 is 20.9 Å². The molecule has 0 bridgehead atoms. The minimum absolute atomic E-state index is 0.0533. The van der Waals surface area contributed by atoms with Crippen LogP contribution in [-0.2, 0) is 20.2 Å². The molecule has 0 saturated carbocycles. The van der Waals surface area contributed by atoms with Crippen molar-refractivity contribution in [2.75, 3.05) is 25.5 Å². The van der Waals surface area contributed by atoms with Crippen molar-refractivity contribution in [2.24, 2.45) is 11.1 Å². The molecular formula is C14H19NO4S. The van der Waals surface area contributed by atoms with E-state index in [9.17, 15) is 13.5 Å². The topological polar surface area (TPSA) is 89.6 Å². The summed E-state index contributed by atoms with van der Waals surface area (Å²) in [6, 6.07) is 6.70. The number of aliphatic hydroxyl groups is 1. The number of benzene rings is 1. The lowest BCUT2D eigenvalue weighted by Crippen LogP contribution is -2.54. The highest BCUT2D eigenvalue weighted by Gasteiger charge is 2.56. The van der Waals surface area contributed by atoms with Gasteiger partial charge in [-0.05, 0) is 18.9 Å². The van der Waals surface area contributed by atoms with E-state index in [0.29, 0.717) is 25.2 Å². The molecule has 0 spiro atoms. The first kappa shape index (κ1) is 14.0. The van der Waals surface area contributed by atoms with Gasteiger partial charge in [0.15, 0.2) is 9.84 Å². The maximum Gasteiger partial charge on any atom is 0.178 e. The highest BCUT2D eigenvalue weighted by atomic mass is 32.2. The Bertz CT molecular complexity index is 622. The molecule has 2 aliphatic heterocycles. The zero-order valence-electron chi connectivity index (χ0n) is 11.2. The zero-order chi connectivity index (χ0) is 14.4. The van der Waals surface area contributed by atoms with Crippen LogP contribution in [0.15, 0.2) is 29.2 Å². The van der Waals surface area contributed by atoms with Crippen LogP contribution in [0.1, 0.15) is 18.4 Å². The molecule has 0 amide bonds. The number of sulfone groups is 1. The fourth-order valence-corrected chi connectivity index (χ4v) is 5.06. The Hall–Kier alpha value is -0.950. The number of hydrogen-bond acceptors (Lipinski definition) is 5. The molecule has 20 heavy (non-hydrogen) atoms. The van der Waals surface area contributed by atoms with Gasteiger partial charge in [-0.3, -0.25) is 0 Å². The lowest BCUT2D eigenvalue weighted by Gasteiger charge is -2.46. The van der Waals surface area contributed by atoms with Gasteiger partial charge < -0.3 is 15.6 Å². The summed E-state index contributed by atoms with van der Waals surface area (Å²) in [6.45, 7) is 1.20. The highest BCUT2D eigenvalue weighted by Crippen LogP contribution is 2.51. The van der Waals surface area contributed by atoms with Gasteiger partial charge in [0.25, 0.3) is 0 Å². The molecule has 1 aromatic carbocycles. The Kier molecular flexibility index (Phi) is 3.17. The monoisotopic (exact) mass is 297 g/mol. The van der Waals surface area contributed by atoms with Gasteiger partial charge in [-0.1, -0.05) is 18.2 Å². The van der Waals surface area contributed by atoms with Gasteiger partial charge in [-0.15, -0.1) is 0 Å². The Labute approximate surface area is 118 Å². The Morgan fingerprint density at radius 2 is 2.05 bits per heavy atom. The molecule has 3 rings (SSSR count). The lowest BCUT2D eigenvalue weighted by molar-refractivity contribution is -0.0956. The molecule has 3 N–H and O–H groups in total. The minimum atomic E-state index is -3.32. The van der Waals surface area contributed by atoms with Crippen molar-refractivity contribution in [1.82, 2.24) is 0 Å². The van der Waals surface area contributed by atoms with Gasteiger partial charge in [0.1, 0.15) is 5.60 Å². The average molecular weight is 297 g/mol. The van der Waals surface area contributed by atoms with Crippen molar-refractivity contribution in [2.45, 2.75) is 23.3 Å². The summed E-state index contributed by atoms with van der Waals surface area (Å²) in [5, 5.41) is 11.3. The van der Waals surface area contributed by atoms with Crippen molar-refractivity contribution in [3.63, 3.8) is 0 Å². The summed E-state index contributed by atoms with van der Waals surface area (Å²) in [5.74, 6) is -0.0533. The van der Waals surface area contributed by atoms with Crippen LogP contribution in [0.2, 0.25) is 0 Å². The maximum absolute atomic E-state index is 12.2. The second-order valence-corrected chi connectivity index (χ2v) is 7.79. The lowest BCUT2D eigenvalue weighted by atomic mass is 9.66. The molecule has 0 radical (unpaired) electrons. The fraction of sp³-hybridized carbons (Fsp3) is 0.571. The Morgan fingerprint density at radius 1 is 1.30 bits per heavy atom. The normalized spacial score (nSPS) is 35.7. The molecule has 2 atom stereocenters. The molecule has 1 fully saturated rings. The first-order valence-corrected chi connectivity index (χ1v) is 8.43. The molecule has 1 saturated heterocycles. The molecule has 2 unspecified atom stereocenters. The SMILES string of the molecule is NCC1(C2(O)CCS(=O)(=O)c3ccccc32)CCOC1. The smallest absolute Gasteiger partial charge is 0.178 e. The largest absolute Gasteiger partial charge is 0.384 e. The summed E-state index contributed by atoms with van der Waals surface area (Å²) in [6.07, 6.45) is 0.821. The number of ether oxygens (including phenoxy) is 1. The minimum Gasteiger partial charge on any atom is -0.384 e. The van der Waals surface area contributed by atoms with E-state index in [1.807, 2.05) is 0 Å². The van der Waals surface area contributed by atoms with E-state index >= 15 is 0 Å². The van der Waals surface area contributed by atoms with E-state index in [1.54, 1.807) is 24.3 Å². The standard InChI is InChI=1S/C14H19NO4S/c15-9-13(5-7-19-10-13)14(16)6-8-20(17,18)12-4-2-1-3-11(12)14/h1-4,16H,5-10,15H2. The third kappa shape index (κ3) is 1.75. The van der Waals surface area contributed by atoms with Crippen LogP contribution in [0.4, 0.5) is 0 Å². The maximum atomic E-state index is 12.2. The second kappa shape index (κ2) is 4.53. The van der Waals surface area contributed by atoms with Crippen LogP contribution in [0.3, 0.4) is 0 Å². The van der Waals surface area contributed by atoms with Crippen molar-refractivity contribution in [1.29, 1.82) is 0 Å². The summed E-state index contributed by atoms with van der Waals surface area (Å²) >= 11 is 0. The predicted molar refractivity (Wildman–Crippen MR) is 73.9 cm³/mol. The first-order valence-electron chi connectivity index (χ1n) is 6.78. The van der Waals surface area contributed by atoms with Crippen molar-refractivity contribution < 1.29 is 18.3 Å². The van der Waals surface area contributed by atoms with E-state index in [4.69, 9.17) is 10.5 Å². The van der Waals surface area contributed by atoms with Crippen LogP contribution < -0.4 is 5.73 Å². The zero-order valence-corrected chi connectivity index (χ0v) is 12.0. The third-order valence-corrected chi connectivity index (χ3v) is 6.54. The summed E-state index contributed by atoms with van der Waals surface area (Å²) in [7, 11) is -3.32. The molecule has 0 aliphatic carbocycles. The summed E-state index contributed by atoms with van der Waals surface area (Å²) in [4.78, 5) is 0.230. The average Bonchev–Trinajstić information content (AvgIpc) is 2.94. The van der Waals surface area contributed by atoms with Crippen LogP contribution in [-0.4, -0.2) is 39.0 Å². The molecule has 1 aromatic rings. The van der Waals surface area contributed by atoms with E-state index in [-0.39, 0.29) is 23.6 Å². The molecular weight excluding hydrogens is 278 g/mol. The van der Waals surface area contributed by atoms with Crippen molar-refractivity contribution >= 4 is 9.84 Å². The van der Waals surface area contributed by atoms with Crippen LogP contribution in [0.25, 0.3) is 0 Å². The Balaban J connectivity index is 2.20. The quantitative estimate of drug-likeness (QED) is 0.825. The summed E-state index contributed by atoms with van der Waals surface area (Å²) < 4.78 is 29.8. The van der Waals surface area contributed by atoms with Crippen LogP contribution >= 0.6 is 0 Å². The van der Waals surface area contributed by atoms with E-state index in [2.05, 4.69) is 0 Å². The molecule has 2 heterocycles. The van der Waals surface area contributed by atoms with Gasteiger partial charge in [0.05, 0.1) is 17.3 Å². The van der Waals surface area contributed by atoms with Gasteiger partial charge in [-0.25, -0.2) is 8.42 Å². The van der Waals surface area contributed by atoms with Gasteiger partial charge in [0.2, 0.25) is 0 Å². The molecule has 110 valence electrons. The number of fused-ring (bicyclic) bond motifs is 1. The molecule has 2 aliphatic rings. The van der Waals surface area contributed by atoms with Crippen molar-refractivity contribution in [3.8, 4) is 0 Å². The molecule has 5 nitrogen and oxygen atoms in total. The van der Waals surface area contributed by atoms with E-state index in [1.165, 1.54) is 0 Å². The van der Waals surface area contributed by atoms with Crippen LogP contribution in [0, 0.1) is 5.41 Å². The van der Waals surface area contributed by atoms with Crippen molar-refractivity contribution in [3.05, 3.63) is 29.8 Å². The number of nitrogens with two attached hydrogens (primary N) is 1. The summed E-state index contributed by atoms with van der Waals surface area (Å²) in [5.41, 5.74) is 4.56. The second-order valence-electron chi connectivity index (χ2n) is 5.71. The van der Waals surface area contributed by atoms with Crippen LogP contribution in [0.5, 0.6) is 0 Å². The fourth-order valence-electron chi connectivity index (χ4n) is 3.42. The molecule has 0 aromatic heterocycles. The first-order chi connectivity index (χ1) is 9.45. The third-order valence-electron chi connectivity index (χ3n) is 4.77. The number of hydrogen-bond donors (Lipinski definition) is 2. The molecule has 6 heteroatoms. The van der Waals surface area contributed by atoms with Gasteiger partial charge >= 0.3 is 0 Å². The van der Waals surface area contributed by atoms with Gasteiger partial charge in [0, 0.05) is 24.1 Å². The van der Waals surface area contributed by atoms with Gasteiger partial charge in [-0.2, -0.15) is 0 Å². The number of rotatable bonds is 2. The Morgan fingerprint density at radius 3 is 2.70 bits per heavy atom.